The lowest BCUT2D eigenvalue weighted by Crippen LogP contribution is -2.34. The Labute approximate surface area is 94.5 Å². The third-order valence-electron chi connectivity index (χ3n) is 2.29. The van der Waals surface area contributed by atoms with Gasteiger partial charge in [-0.05, 0) is 12.5 Å². The van der Waals surface area contributed by atoms with Gasteiger partial charge in [-0.15, -0.1) is 0 Å². The zero-order valence-electron chi connectivity index (χ0n) is 9.05. The number of benzene rings is 1. The van der Waals surface area contributed by atoms with Gasteiger partial charge in [-0.3, -0.25) is 4.79 Å². The molecule has 0 saturated carbocycles. The largest absolute Gasteiger partial charge is 0.394 e. The van der Waals surface area contributed by atoms with Gasteiger partial charge in [0.2, 0.25) is 5.91 Å². The molecule has 1 amide bonds. The lowest BCUT2D eigenvalue weighted by Gasteiger charge is -2.17. The molecule has 1 aromatic carbocycles. The van der Waals surface area contributed by atoms with Crippen LogP contribution in [0.15, 0.2) is 30.3 Å². The maximum Gasteiger partial charge on any atom is 0.237 e. The number of amides is 1. The Morgan fingerprint density at radius 3 is 2.62 bits per heavy atom. The molecule has 0 aliphatic heterocycles. The molecule has 0 saturated heterocycles. The quantitative estimate of drug-likeness (QED) is 0.791. The fraction of sp³-hybridized carbons (Fsp3) is 0.333. The number of aliphatic hydroxyl groups excluding tert-OH is 1. The maximum absolute atomic E-state index is 11.5. The summed E-state index contributed by atoms with van der Waals surface area (Å²) in [6.07, 6.45) is 0. The van der Waals surface area contributed by atoms with Crippen LogP contribution in [0.3, 0.4) is 0 Å². The van der Waals surface area contributed by atoms with Crippen LogP contribution < -0.4 is 5.32 Å². The van der Waals surface area contributed by atoms with Crippen molar-refractivity contribution >= 4 is 5.91 Å². The lowest BCUT2D eigenvalue weighted by atomic mass is 10.1. The molecule has 0 fully saturated rings. The highest BCUT2D eigenvalue weighted by atomic mass is 16.3. The Balaban J connectivity index is 2.71. The van der Waals surface area contributed by atoms with Crippen molar-refractivity contribution in [1.82, 2.24) is 5.32 Å². The second kappa shape index (κ2) is 5.89. The number of hydrogen-bond donors (Lipinski definition) is 2. The van der Waals surface area contributed by atoms with Crippen LogP contribution in [0, 0.1) is 17.2 Å². The van der Waals surface area contributed by atoms with E-state index >= 15 is 0 Å². The summed E-state index contributed by atoms with van der Waals surface area (Å²) >= 11 is 0. The normalized spacial score (nSPS) is 13.6. The monoisotopic (exact) mass is 218 g/mol. The molecule has 16 heavy (non-hydrogen) atoms. The number of hydrogen-bond acceptors (Lipinski definition) is 3. The summed E-state index contributed by atoms with van der Waals surface area (Å²) in [5.74, 6) is -1.08. The van der Waals surface area contributed by atoms with Crippen molar-refractivity contribution in [3.05, 3.63) is 35.9 Å². The third-order valence-corrected chi connectivity index (χ3v) is 2.29. The van der Waals surface area contributed by atoms with Crippen molar-refractivity contribution < 1.29 is 9.90 Å². The van der Waals surface area contributed by atoms with E-state index in [0.29, 0.717) is 0 Å². The van der Waals surface area contributed by atoms with Crippen molar-refractivity contribution in [2.24, 2.45) is 5.92 Å². The van der Waals surface area contributed by atoms with E-state index in [4.69, 9.17) is 5.26 Å². The SMILES string of the molecule is CC(C#N)C(=O)N[C@H](CO)c1ccccc1. The predicted octanol–water partition coefficient (Wildman–Crippen LogP) is 0.996. The van der Waals surface area contributed by atoms with Gasteiger partial charge in [0.05, 0.1) is 18.7 Å². The summed E-state index contributed by atoms with van der Waals surface area (Å²) in [7, 11) is 0. The van der Waals surface area contributed by atoms with Crippen molar-refractivity contribution in [2.45, 2.75) is 13.0 Å². The number of carbonyl (C=O) groups excluding carboxylic acids is 1. The highest BCUT2D eigenvalue weighted by Crippen LogP contribution is 2.12. The minimum atomic E-state index is -0.710. The Morgan fingerprint density at radius 1 is 1.50 bits per heavy atom. The van der Waals surface area contributed by atoms with Crippen LogP contribution >= 0.6 is 0 Å². The van der Waals surface area contributed by atoms with Crippen LogP contribution in [-0.2, 0) is 4.79 Å². The van der Waals surface area contributed by atoms with Gasteiger partial charge in [-0.25, -0.2) is 0 Å². The van der Waals surface area contributed by atoms with E-state index in [-0.39, 0.29) is 12.5 Å². The molecule has 84 valence electrons. The summed E-state index contributed by atoms with van der Waals surface area (Å²) in [5.41, 5.74) is 0.823. The zero-order chi connectivity index (χ0) is 12.0. The van der Waals surface area contributed by atoms with Crippen LogP contribution in [0.4, 0.5) is 0 Å². The smallest absolute Gasteiger partial charge is 0.237 e. The minimum Gasteiger partial charge on any atom is -0.394 e. The van der Waals surface area contributed by atoms with Crippen LogP contribution in [-0.4, -0.2) is 17.6 Å². The summed E-state index contributed by atoms with van der Waals surface area (Å²) in [6, 6.07) is 10.6. The molecule has 0 bridgehead atoms. The van der Waals surface area contributed by atoms with E-state index in [1.165, 1.54) is 6.92 Å². The average molecular weight is 218 g/mol. The molecule has 1 aromatic rings. The summed E-state index contributed by atoms with van der Waals surface area (Å²) < 4.78 is 0. The van der Waals surface area contributed by atoms with Gasteiger partial charge in [-0.1, -0.05) is 30.3 Å². The van der Waals surface area contributed by atoms with E-state index in [1.807, 2.05) is 36.4 Å². The highest BCUT2D eigenvalue weighted by Gasteiger charge is 2.17. The first-order valence-corrected chi connectivity index (χ1v) is 5.04. The molecule has 4 nitrogen and oxygen atoms in total. The Morgan fingerprint density at radius 2 is 2.12 bits per heavy atom. The standard InChI is InChI=1S/C12H14N2O2/c1-9(7-13)12(16)14-11(8-15)10-5-3-2-4-6-10/h2-6,9,11,15H,8H2,1H3,(H,14,16)/t9?,11-/m1/s1. The molecular weight excluding hydrogens is 204 g/mol. The fourth-order valence-corrected chi connectivity index (χ4v) is 1.28. The van der Waals surface area contributed by atoms with Gasteiger partial charge in [0, 0.05) is 0 Å². The van der Waals surface area contributed by atoms with Crippen molar-refractivity contribution in [2.75, 3.05) is 6.61 Å². The predicted molar refractivity (Wildman–Crippen MR) is 59.2 cm³/mol. The van der Waals surface area contributed by atoms with E-state index in [2.05, 4.69) is 5.32 Å². The first-order chi connectivity index (χ1) is 7.69. The minimum absolute atomic E-state index is 0.187. The highest BCUT2D eigenvalue weighted by molar-refractivity contribution is 5.81. The van der Waals surface area contributed by atoms with Gasteiger partial charge in [0.15, 0.2) is 0 Å². The fourth-order valence-electron chi connectivity index (χ4n) is 1.28. The molecule has 0 spiro atoms. The molecule has 0 aromatic heterocycles. The molecule has 4 heteroatoms. The Bertz CT molecular complexity index is 384. The topological polar surface area (TPSA) is 73.1 Å². The first kappa shape index (κ1) is 12.2. The van der Waals surface area contributed by atoms with Crippen LogP contribution in [0.1, 0.15) is 18.5 Å². The summed E-state index contributed by atoms with van der Waals surface area (Å²) in [6.45, 7) is 1.34. The number of rotatable bonds is 4. The molecular formula is C12H14N2O2. The van der Waals surface area contributed by atoms with Crippen LogP contribution in [0.5, 0.6) is 0 Å². The molecule has 2 atom stereocenters. The Kier molecular flexibility index (Phi) is 4.49. The zero-order valence-corrected chi connectivity index (χ0v) is 9.05. The van der Waals surface area contributed by atoms with Crippen molar-refractivity contribution in [1.29, 1.82) is 5.26 Å². The Hall–Kier alpha value is -1.86. The molecule has 0 heterocycles. The second-order valence-corrected chi connectivity index (χ2v) is 3.51. The lowest BCUT2D eigenvalue weighted by molar-refractivity contribution is -0.124. The van der Waals surface area contributed by atoms with Gasteiger partial charge >= 0.3 is 0 Å². The van der Waals surface area contributed by atoms with Crippen molar-refractivity contribution in [3.63, 3.8) is 0 Å². The molecule has 2 N–H and O–H groups in total. The van der Waals surface area contributed by atoms with Gasteiger partial charge in [0.25, 0.3) is 0 Å². The van der Waals surface area contributed by atoms with Gasteiger partial charge in [0.1, 0.15) is 5.92 Å². The van der Waals surface area contributed by atoms with Crippen LogP contribution in [0.2, 0.25) is 0 Å². The van der Waals surface area contributed by atoms with Gasteiger partial charge < -0.3 is 10.4 Å². The summed E-state index contributed by atoms with van der Waals surface area (Å²) in [4.78, 5) is 11.5. The van der Waals surface area contributed by atoms with E-state index in [0.717, 1.165) is 5.56 Å². The van der Waals surface area contributed by atoms with Gasteiger partial charge in [-0.2, -0.15) is 5.26 Å². The number of nitrogens with zero attached hydrogens (tertiary/aromatic N) is 1. The second-order valence-electron chi connectivity index (χ2n) is 3.51. The van der Waals surface area contributed by atoms with E-state index in [9.17, 15) is 9.90 Å². The van der Waals surface area contributed by atoms with Crippen molar-refractivity contribution in [3.8, 4) is 6.07 Å². The molecule has 1 unspecified atom stereocenters. The molecule has 0 radical (unpaired) electrons. The third kappa shape index (κ3) is 3.07. The summed E-state index contributed by atoms with van der Waals surface area (Å²) in [5, 5.41) is 20.4. The molecule has 1 rings (SSSR count). The number of carbonyl (C=O) groups is 1. The first-order valence-electron chi connectivity index (χ1n) is 5.04. The maximum atomic E-state index is 11.5. The molecule has 0 aliphatic rings. The van der Waals surface area contributed by atoms with E-state index in [1.54, 1.807) is 0 Å². The molecule has 0 aliphatic carbocycles. The van der Waals surface area contributed by atoms with Crippen LogP contribution in [0.25, 0.3) is 0 Å². The average Bonchev–Trinajstić information content (AvgIpc) is 2.35. The number of nitrogens with one attached hydrogen (secondary N) is 1. The number of nitriles is 1. The van der Waals surface area contributed by atoms with E-state index < -0.39 is 12.0 Å². The number of aliphatic hydroxyl groups is 1.